The molecule has 0 aliphatic heterocycles. The Hall–Kier alpha value is -1.06. The first-order valence-electron chi connectivity index (χ1n) is 7.56. The first-order valence-corrected chi connectivity index (χ1v) is 7.56. The van der Waals surface area contributed by atoms with Crippen LogP contribution in [0.4, 0.5) is 0 Å². The van der Waals surface area contributed by atoms with E-state index in [4.69, 9.17) is 10.2 Å². The van der Waals surface area contributed by atoms with Crippen LogP contribution in [0.25, 0.3) is 0 Å². The van der Waals surface area contributed by atoms with E-state index in [0.717, 1.165) is 32.1 Å². The molecule has 118 valence electrons. The van der Waals surface area contributed by atoms with Crippen molar-refractivity contribution in [1.82, 2.24) is 0 Å². The number of carbonyl (C=O) groups is 2. The van der Waals surface area contributed by atoms with Crippen molar-refractivity contribution in [2.45, 2.75) is 72.6 Å². The van der Waals surface area contributed by atoms with Crippen LogP contribution in [-0.4, -0.2) is 22.2 Å². The molecule has 20 heavy (non-hydrogen) atoms. The minimum absolute atomic E-state index is 0.154. The molecule has 4 heteroatoms. The molecule has 0 radical (unpaired) electrons. The van der Waals surface area contributed by atoms with Gasteiger partial charge in [-0.05, 0) is 36.5 Å². The van der Waals surface area contributed by atoms with Gasteiger partial charge in [-0.3, -0.25) is 9.59 Å². The summed E-state index contributed by atoms with van der Waals surface area (Å²) in [7, 11) is 0. The lowest BCUT2D eigenvalue weighted by Gasteiger charge is -2.28. The number of aliphatic carboxylic acids is 2. The standard InChI is InChI=1S/C16H30O4/c1-12(7-8-14(17)18)6-5-9-16(3,4)11-13(2)10-15(19)20/h12-13H,5-11H2,1-4H3,(H,17,18)(H,19,20). The summed E-state index contributed by atoms with van der Waals surface area (Å²) in [5, 5.41) is 17.4. The van der Waals surface area contributed by atoms with E-state index in [9.17, 15) is 9.59 Å². The molecule has 0 heterocycles. The molecule has 0 fully saturated rings. The van der Waals surface area contributed by atoms with Crippen LogP contribution >= 0.6 is 0 Å². The lowest BCUT2D eigenvalue weighted by Crippen LogP contribution is -2.18. The summed E-state index contributed by atoms with van der Waals surface area (Å²) in [5.74, 6) is -0.805. The first-order chi connectivity index (χ1) is 9.12. The largest absolute Gasteiger partial charge is 0.481 e. The van der Waals surface area contributed by atoms with Gasteiger partial charge < -0.3 is 10.2 Å². The van der Waals surface area contributed by atoms with E-state index in [2.05, 4.69) is 20.8 Å². The van der Waals surface area contributed by atoms with E-state index in [1.54, 1.807) is 0 Å². The Morgan fingerprint density at radius 2 is 1.60 bits per heavy atom. The molecule has 2 N–H and O–H groups in total. The highest BCUT2D eigenvalue weighted by Crippen LogP contribution is 2.33. The van der Waals surface area contributed by atoms with Gasteiger partial charge in [0.2, 0.25) is 0 Å². The van der Waals surface area contributed by atoms with Gasteiger partial charge in [-0.2, -0.15) is 0 Å². The van der Waals surface area contributed by atoms with Crippen LogP contribution in [0.3, 0.4) is 0 Å². The van der Waals surface area contributed by atoms with E-state index in [-0.39, 0.29) is 24.2 Å². The fourth-order valence-corrected chi connectivity index (χ4v) is 2.86. The summed E-state index contributed by atoms with van der Waals surface area (Å²) in [6.07, 6.45) is 5.33. The SMILES string of the molecule is CC(CCCC(C)(C)CC(C)CC(=O)O)CCC(=O)O. The summed E-state index contributed by atoms with van der Waals surface area (Å²) >= 11 is 0. The van der Waals surface area contributed by atoms with Gasteiger partial charge >= 0.3 is 11.9 Å². The number of hydrogen-bond acceptors (Lipinski definition) is 2. The van der Waals surface area contributed by atoms with Crippen LogP contribution in [0, 0.1) is 17.3 Å². The molecule has 0 saturated heterocycles. The molecule has 0 aromatic carbocycles. The lowest BCUT2D eigenvalue weighted by atomic mass is 9.78. The van der Waals surface area contributed by atoms with Crippen LogP contribution in [-0.2, 0) is 9.59 Å². The van der Waals surface area contributed by atoms with Crippen LogP contribution in [0.1, 0.15) is 72.6 Å². The quantitative estimate of drug-likeness (QED) is 0.597. The number of rotatable bonds is 11. The fraction of sp³-hybridized carbons (Fsp3) is 0.875. The molecule has 0 aliphatic rings. The zero-order valence-corrected chi connectivity index (χ0v) is 13.3. The summed E-state index contributed by atoms with van der Waals surface area (Å²) in [6, 6.07) is 0. The molecule has 4 nitrogen and oxygen atoms in total. The van der Waals surface area contributed by atoms with E-state index < -0.39 is 11.9 Å². The predicted octanol–water partition coefficient (Wildman–Crippen LogP) is 4.18. The molecule has 0 amide bonds. The van der Waals surface area contributed by atoms with Crippen molar-refractivity contribution in [3.05, 3.63) is 0 Å². The molecule has 0 aromatic rings. The highest BCUT2D eigenvalue weighted by Gasteiger charge is 2.22. The Labute approximate surface area is 122 Å². The van der Waals surface area contributed by atoms with Gasteiger partial charge in [-0.1, -0.05) is 40.5 Å². The van der Waals surface area contributed by atoms with Crippen molar-refractivity contribution < 1.29 is 19.8 Å². The highest BCUT2D eigenvalue weighted by atomic mass is 16.4. The van der Waals surface area contributed by atoms with Crippen molar-refractivity contribution in [2.24, 2.45) is 17.3 Å². The van der Waals surface area contributed by atoms with Gasteiger partial charge in [0.05, 0.1) is 0 Å². The summed E-state index contributed by atoms with van der Waals surface area (Å²) < 4.78 is 0. The zero-order chi connectivity index (χ0) is 15.8. The van der Waals surface area contributed by atoms with Crippen molar-refractivity contribution >= 4 is 11.9 Å². The van der Waals surface area contributed by atoms with Crippen LogP contribution in [0.2, 0.25) is 0 Å². The second-order valence-corrected chi connectivity index (χ2v) is 7.00. The van der Waals surface area contributed by atoms with Crippen molar-refractivity contribution in [3.63, 3.8) is 0 Å². The zero-order valence-electron chi connectivity index (χ0n) is 13.3. The molecule has 2 atom stereocenters. The third-order valence-electron chi connectivity index (χ3n) is 3.83. The third kappa shape index (κ3) is 10.8. The van der Waals surface area contributed by atoms with Crippen LogP contribution in [0.15, 0.2) is 0 Å². The van der Waals surface area contributed by atoms with Crippen molar-refractivity contribution in [3.8, 4) is 0 Å². The number of carboxylic acid groups (broad SMARTS) is 2. The Balaban J connectivity index is 3.91. The molecule has 0 spiro atoms. The van der Waals surface area contributed by atoms with Gasteiger partial charge in [0, 0.05) is 12.8 Å². The molecular weight excluding hydrogens is 256 g/mol. The molecule has 0 saturated carbocycles. The molecule has 0 aliphatic carbocycles. The van der Waals surface area contributed by atoms with Crippen LogP contribution in [0.5, 0.6) is 0 Å². The van der Waals surface area contributed by atoms with Gasteiger partial charge in [0.1, 0.15) is 0 Å². The van der Waals surface area contributed by atoms with Crippen LogP contribution < -0.4 is 0 Å². The number of carboxylic acids is 2. The van der Waals surface area contributed by atoms with E-state index in [0.29, 0.717) is 5.92 Å². The second-order valence-electron chi connectivity index (χ2n) is 7.00. The average Bonchev–Trinajstić information content (AvgIpc) is 2.23. The van der Waals surface area contributed by atoms with Gasteiger partial charge in [-0.25, -0.2) is 0 Å². The Morgan fingerprint density at radius 3 is 2.10 bits per heavy atom. The average molecular weight is 286 g/mol. The molecule has 2 unspecified atom stereocenters. The normalized spacial score (nSPS) is 14.8. The molecule has 0 aromatic heterocycles. The van der Waals surface area contributed by atoms with Gasteiger partial charge in [0.25, 0.3) is 0 Å². The van der Waals surface area contributed by atoms with Gasteiger partial charge in [0.15, 0.2) is 0 Å². The first kappa shape index (κ1) is 18.9. The number of hydrogen-bond donors (Lipinski definition) is 2. The minimum atomic E-state index is -0.726. The lowest BCUT2D eigenvalue weighted by molar-refractivity contribution is -0.138. The van der Waals surface area contributed by atoms with Crippen molar-refractivity contribution in [2.75, 3.05) is 0 Å². The Kier molecular flexibility index (Phi) is 8.51. The second kappa shape index (κ2) is 8.98. The Morgan fingerprint density at radius 1 is 1.00 bits per heavy atom. The monoisotopic (exact) mass is 286 g/mol. The van der Waals surface area contributed by atoms with E-state index in [1.165, 1.54) is 0 Å². The molecular formula is C16H30O4. The topological polar surface area (TPSA) is 74.6 Å². The predicted molar refractivity (Wildman–Crippen MR) is 79.7 cm³/mol. The third-order valence-corrected chi connectivity index (χ3v) is 3.83. The maximum Gasteiger partial charge on any atom is 0.303 e. The summed E-state index contributed by atoms with van der Waals surface area (Å²) in [5.41, 5.74) is 0.154. The summed E-state index contributed by atoms with van der Waals surface area (Å²) in [4.78, 5) is 21.2. The smallest absolute Gasteiger partial charge is 0.303 e. The highest BCUT2D eigenvalue weighted by molar-refractivity contribution is 5.67. The molecule has 0 rings (SSSR count). The van der Waals surface area contributed by atoms with Crippen molar-refractivity contribution in [1.29, 1.82) is 0 Å². The van der Waals surface area contributed by atoms with E-state index in [1.807, 2.05) is 6.92 Å². The fourth-order valence-electron chi connectivity index (χ4n) is 2.86. The van der Waals surface area contributed by atoms with E-state index >= 15 is 0 Å². The minimum Gasteiger partial charge on any atom is -0.481 e. The maximum atomic E-state index is 10.7. The Bertz CT molecular complexity index is 310. The molecule has 0 bridgehead atoms. The maximum absolute atomic E-state index is 10.7. The van der Waals surface area contributed by atoms with Gasteiger partial charge in [-0.15, -0.1) is 0 Å². The summed E-state index contributed by atoms with van der Waals surface area (Å²) in [6.45, 7) is 8.47.